The van der Waals surface area contributed by atoms with Crippen molar-refractivity contribution in [2.24, 2.45) is 0 Å². The largest absolute Gasteiger partial charge is 0.463 e. The molecule has 2 heterocycles. The fraction of sp³-hybridized carbons (Fsp3) is 0.364. The standard InChI is InChI=1S/C11H13N3O/c1-2-10(15-5-1)11-8(7-13-14-11)6-12-9-3-4-9/h1-2,5,7,9,12H,3-4,6H2,(H,13,14). The molecule has 1 aliphatic rings. The molecule has 0 radical (unpaired) electrons. The molecule has 0 saturated heterocycles. The summed E-state index contributed by atoms with van der Waals surface area (Å²) in [7, 11) is 0. The Morgan fingerprint density at radius 3 is 3.20 bits per heavy atom. The van der Waals surface area contributed by atoms with Crippen LogP contribution in [0.1, 0.15) is 18.4 Å². The molecule has 3 rings (SSSR count). The van der Waals surface area contributed by atoms with E-state index in [2.05, 4.69) is 15.5 Å². The van der Waals surface area contributed by atoms with E-state index in [4.69, 9.17) is 4.42 Å². The van der Waals surface area contributed by atoms with Crippen molar-refractivity contribution < 1.29 is 4.42 Å². The lowest BCUT2D eigenvalue weighted by Crippen LogP contribution is -2.15. The van der Waals surface area contributed by atoms with E-state index in [9.17, 15) is 0 Å². The molecule has 0 bridgehead atoms. The summed E-state index contributed by atoms with van der Waals surface area (Å²) in [5.74, 6) is 0.847. The van der Waals surface area contributed by atoms with Gasteiger partial charge in [-0.3, -0.25) is 5.10 Å². The average Bonchev–Trinajstić information content (AvgIpc) is 2.79. The van der Waals surface area contributed by atoms with Crippen molar-refractivity contribution in [1.29, 1.82) is 0 Å². The first kappa shape index (κ1) is 8.73. The third-order valence-corrected chi connectivity index (χ3v) is 2.64. The smallest absolute Gasteiger partial charge is 0.151 e. The maximum absolute atomic E-state index is 5.34. The molecule has 0 amide bonds. The highest BCUT2D eigenvalue weighted by molar-refractivity contribution is 5.56. The van der Waals surface area contributed by atoms with Crippen molar-refractivity contribution >= 4 is 0 Å². The zero-order valence-corrected chi connectivity index (χ0v) is 8.36. The highest BCUT2D eigenvalue weighted by atomic mass is 16.3. The molecule has 0 aliphatic heterocycles. The number of H-pyrrole nitrogens is 1. The Morgan fingerprint density at radius 2 is 2.47 bits per heavy atom. The topological polar surface area (TPSA) is 53.9 Å². The van der Waals surface area contributed by atoms with Crippen molar-refractivity contribution in [2.45, 2.75) is 25.4 Å². The lowest BCUT2D eigenvalue weighted by molar-refractivity contribution is 0.578. The van der Waals surface area contributed by atoms with Gasteiger partial charge in [-0.25, -0.2) is 0 Å². The summed E-state index contributed by atoms with van der Waals surface area (Å²) in [6.45, 7) is 0.858. The zero-order chi connectivity index (χ0) is 10.1. The Kier molecular flexibility index (Phi) is 2.07. The summed E-state index contributed by atoms with van der Waals surface area (Å²) in [5, 5.41) is 10.5. The minimum Gasteiger partial charge on any atom is -0.463 e. The van der Waals surface area contributed by atoms with Crippen LogP contribution in [0.2, 0.25) is 0 Å². The van der Waals surface area contributed by atoms with Gasteiger partial charge in [0.2, 0.25) is 0 Å². The van der Waals surface area contributed by atoms with E-state index in [0.29, 0.717) is 6.04 Å². The SMILES string of the molecule is c1coc(-c2[nH]ncc2CNC2CC2)c1. The number of hydrogen-bond acceptors (Lipinski definition) is 3. The van der Waals surface area contributed by atoms with Crippen LogP contribution in [-0.4, -0.2) is 16.2 Å². The molecule has 1 fully saturated rings. The number of aromatic nitrogens is 2. The van der Waals surface area contributed by atoms with Gasteiger partial charge in [-0.1, -0.05) is 0 Å². The maximum Gasteiger partial charge on any atom is 0.151 e. The quantitative estimate of drug-likeness (QED) is 0.798. The molecular formula is C11H13N3O. The number of rotatable bonds is 4. The van der Waals surface area contributed by atoms with Crippen LogP contribution < -0.4 is 5.32 Å². The highest BCUT2D eigenvalue weighted by Gasteiger charge is 2.21. The summed E-state index contributed by atoms with van der Waals surface area (Å²) in [6, 6.07) is 4.53. The molecule has 4 nitrogen and oxygen atoms in total. The predicted molar refractivity (Wildman–Crippen MR) is 56.2 cm³/mol. The van der Waals surface area contributed by atoms with Crippen LogP contribution in [0, 0.1) is 0 Å². The number of nitrogens with zero attached hydrogens (tertiary/aromatic N) is 1. The van der Waals surface area contributed by atoms with Crippen LogP contribution in [-0.2, 0) is 6.54 Å². The molecule has 1 saturated carbocycles. The van der Waals surface area contributed by atoms with Crippen LogP contribution >= 0.6 is 0 Å². The lowest BCUT2D eigenvalue weighted by Gasteiger charge is -2.01. The van der Waals surface area contributed by atoms with Crippen molar-refractivity contribution in [1.82, 2.24) is 15.5 Å². The van der Waals surface area contributed by atoms with E-state index in [-0.39, 0.29) is 0 Å². The molecule has 0 spiro atoms. The number of nitrogens with one attached hydrogen (secondary N) is 2. The van der Waals surface area contributed by atoms with Gasteiger partial charge in [0, 0.05) is 18.2 Å². The van der Waals surface area contributed by atoms with Crippen LogP contribution in [0.3, 0.4) is 0 Å². The summed E-state index contributed by atoms with van der Waals surface area (Å²) in [5.41, 5.74) is 2.14. The van der Waals surface area contributed by atoms with Gasteiger partial charge in [-0.15, -0.1) is 0 Å². The molecule has 78 valence electrons. The van der Waals surface area contributed by atoms with Crippen molar-refractivity contribution in [2.75, 3.05) is 0 Å². The Balaban J connectivity index is 1.79. The van der Waals surface area contributed by atoms with Gasteiger partial charge in [0.05, 0.1) is 12.5 Å². The predicted octanol–water partition coefficient (Wildman–Crippen LogP) is 1.92. The molecule has 4 heteroatoms. The second kappa shape index (κ2) is 3.55. The van der Waals surface area contributed by atoms with Crippen molar-refractivity contribution in [3.63, 3.8) is 0 Å². The van der Waals surface area contributed by atoms with Gasteiger partial charge < -0.3 is 9.73 Å². The zero-order valence-electron chi connectivity index (χ0n) is 8.36. The van der Waals surface area contributed by atoms with Crippen LogP contribution in [0.25, 0.3) is 11.5 Å². The Bertz CT molecular complexity index is 428. The first-order chi connectivity index (χ1) is 7.43. The fourth-order valence-corrected chi connectivity index (χ4v) is 1.62. The molecule has 2 N–H and O–H groups in total. The van der Waals surface area contributed by atoms with Crippen LogP contribution in [0.15, 0.2) is 29.0 Å². The first-order valence-corrected chi connectivity index (χ1v) is 5.23. The average molecular weight is 203 g/mol. The second-order valence-electron chi connectivity index (χ2n) is 3.90. The van der Waals surface area contributed by atoms with Gasteiger partial charge in [-0.2, -0.15) is 5.10 Å². The van der Waals surface area contributed by atoms with Gasteiger partial charge in [0.15, 0.2) is 5.76 Å². The molecule has 1 aliphatic carbocycles. The van der Waals surface area contributed by atoms with Gasteiger partial charge in [0.1, 0.15) is 5.69 Å². The van der Waals surface area contributed by atoms with Gasteiger partial charge >= 0.3 is 0 Å². The Hall–Kier alpha value is -1.55. The normalized spacial score (nSPS) is 15.7. The summed E-state index contributed by atoms with van der Waals surface area (Å²) >= 11 is 0. The minimum absolute atomic E-state index is 0.712. The number of furan rings is 1. The third-order valence-electron chi connectivity index (χ3n) is 2.64. The molecule has 0 atom stereocenters. The second-order valence-corrected chi connectivity index (χ2v) is 3.90. The van der Waals surface area contributed by atoms with E-state index in [0.717, 1.165) is 23.6 Å². The summed E-state index contributed by atoms with van der Waals surface area (Å²) in [6.07, 6.45) is 6.13. The Labute approximate surface area is 87.7 Å². The summed E-state index contributed by atoms with van der Waals surface area (Å²) in [4.78, 5) is 0. The van der Waals surface area contributed by atoms with E-state index >= 15 is 0 Å². The summed E-state index contributed by atoms with van der Waals surface area (Å²) < 4.78 is 5.34. The first-order valence-electron chi connectivity index (χ1n) is 5.23. The van der Waals surface area contributed by atoms with Crippen LogP contribution in [0.4, 0.5) is 0 Å². The number of hydrogen-bond donors (Lipinski definition) is 2. The van der Waals surface area contributed by atoms with E-state index in [1.54, 1.807) is 6.26 Å². The molecular weight excluding hydrogens is 190 g/mol. The maximum atomic E-state index is 5.34. The van der Waals surface area contributed by atoms with E-state index in [1.807, 2.05) is 18.3 Å². The molecule has 15 heavy (non-hydrogen) atoms. The van der Waals surface area contributed by atoms with Crippen LogP contribution in [0.5, 0.6) is 0 Å². The number of aromatic amines is 1. The van der Waals surface area contributed by atoms with E-state index < -0.39 is 0 Å². The fourth-order valence-electron chi connectivity index (χ4n) is 1.62. The third kappa shape index (κ3) is 1.80. The molecule has 2 aromatic heterocycles. The van der Waals surface area contributed by atoms with Crippen molar-refractivity contribution in [3.05, 3.63) is 30.2 Å². The van der Waals surface area contributed by atoms with Crippen molar-refractivity contribution in [3.8, 4) is 11.5 Å². The molecule has 0 unspecified atom stereocenters. The van der Waals surface area contributed by atoms with Gasteiger partial charge in [-0.05, 0) is 25.0 Å². The molecule has 2 aromatic rings. The minimum atomic E-state index is 0.712. The van der Waals surface area contributed by atoms with Gasteiger partial charge in [0.25, 0.3) is 0 Å². The monoisotopic (exact) mass is 203 g/mol. The molecule has 0 aromatic carbocycles. The van der Waals surface area contributed by atoms with E-state index in [1.165, 1.54) is 12.8 Å². The highest BCUT2D eigenvalue weighted by Crippen LogP contribution is 2.23. The Morgan fingerprint density at radius 1 is 1.53 bits per heavy atom. The lowest BCUT2D eigenvalue weighted by atomic mass is 10.2.